The van der Waals surface area contributed by atoms with Crippen LogP contribution in [0.2, 0.25) is 0 Å². The Morgan fingerprint density at radius 1 is 1.32 bits per heavy atom. The van der Waals surface area contributed by atoms with Crippen LogP contribution in [0, 0.1) is 11.2 Å². The maximum atomic E-state index is 13.2. The van der Waals surface area contributed by atoms with E-state index in [9.17, 15) is 9.18 Å². The monoisotopic (exact) mass is 275 g/mol. The summed E-state index contributed by atoms with van der Waals surface area (Å²) in [6.07, 6.45) is 1.37. The largest absolute Gasteiger partial charge is 0.293 e. The third-order valence-electron chi connectivity index (χ3n) is 3.31. The van der Waals surface area contributed by atoms with E-state index in [1.165, 1.54) is 23.5 Å². The van der Waals surface area contributed by atoms with Gasteiger partial charge in [0, 0.05) is 12.0 Å². The van der Waals surface area contributed by atoms with Gasteiger partial charge in [-0.2, -0.15) is 0 Å². The quantitative estimate of drug-likeness (QED) is 0.784. The number of thiazole rings is 1. The van der Waals surface area contributed by atoms with Crippen LogP contribution < -0.4 is 0 Å². The third kappa shape index (κ3) is 2.32. The van der Waals surface area contributed by atoms with Gasteiger partial charge in [-0.3, -0.25) is 4.79 Å². The first-order valence-corrected chi connectivity index (χ1v) is 7.05. The summed E-state index contributed by atoms with van der Waals surface area (Å²) >= 11 is 1.38. The van der Waals surface area contributed by atoms with Gasteiger partial charge in [0.1, 0.15) is 10.8 Å². The zero-order valence-electron chi connectivity index (χ0n) is 10.9. The van der Waals surface area contributed by atoms with Crippen LogP contribution in [0.3, 0.4) is 0 Å². The van der Waals surface area contributed by atoms with E-state index in [1.807, 2.05) is 6.07 Å². The van der Waals surface area contributed by atoms with E-state index < -0.39 is 0 Å². The van der Waals surface area contributed by atoms with Crippen molar-refractivity contribution >= 4 is 17.1 Å². The molecule has 0 amide bonds. The van der Waals surface area contributed by atoms with Crippen molar-refractivity contribution in [3.05, 3.63) is 40.7 Å². The van der Waals surface area contributed by atoms with Gasteiger partial charge in [0.25, 0.3) is 0 Å². The van der Waals surface area contributed by atoms with Crippen molar-refractivity contribution in [1.82, 2.24) is 4.98 Å². The summed E-state index contributed by atoms with van der Waals surface area (Å²) < 4.78 is 13.2. The number of carbonyl (C=O) groups excluding carboxylic acids is 1. The first-order chi connectivity index (χ1) is 8.94. The Morgan fingerprint density at radius 2 is 2.11 bits per heavy atom. The number of rotatable bonds is 1. The molecule has 1 aliphatic rings. The van der Waals surface area contributed by atoms with Crippen LogP contribution in [0.1, 0.15) is 35.6 Å². The normalized spacial score (nSPS) is 17.3. The lowest BCUT2D eigenvalue weighted by molar-refractivity contribution is 0.0916. The number of ketones is 1. The van der Waals surface area contributed by atoms with Crippen molar-refractivity contribution in [1.29, 1.82) is 0 Å². The molecule has 0 fully saturated rings. The second-order valence-electron chi connectivity index (χ2n) is 5.75. The number of carbonyl (C=O) groups is 1. The molecule has 0 radical (unpaired) electrons. The first-order valence-electron chi connectivity index (χ1n) is 6.23. The van der Waals surface area contributed by atoms with Gasteiger partial charge >= 0.3 is 0 Å². The van der Waals surface area contributed by atoms with Gasteiger partial charge in [-0.1, -0.05) is 26.0 Å². The van der Waals surface area contributed by atoms with Gasteiger partial charge in [0.2, 0.25) is 0 Å². The van der Waals surface area contributed by atoms with Crippen molar-refractivity contribution in [2.75, 3.05) is 0 Å². The van der Waals surface area contributed by atoms with Crippen LogP contribution in [-0.4, -0.2) is 10.8 Å². The highest BCUT2D eigenvalue weighted by molar-refractivity contribution is 7.17. The number of hydrogen-bond acceptors (Lipinski definition) is 3. The smallest absolute Gasteiger partial charge is 0.175 e. The zero-order valence-corrected chi connectivity index (χ0v) is 11.7. The number of fused-ring (bicyclic) bond motifs is 1. The van der Waals surface area contributed by atoms with E-state index in [0.29, 0.717) is 6.42 Å². The molecule has 1 aliphatic carbocycles. The molecule has 2 aromatic rings. The summed E-state index contributed by atoms with van der Waals surface area (Å²) in [6, 6.07) is 6.35. The lowest BCUT2D eigenvalue weighted by atomic mass is 9.78. The van der Waals surface area contributed by atoms with Gasteiger partial charge < -0.3 is 0 Å². The minimum absolute atomic E-state index is 0.0304. The molecule has 98 valence electrons. The lowest BCUT2D eigenvalue weighted by Gasteiger charge is -2.26. The van der Waals surface area contributed by atoms with Gasteiger partial charge in [-0.05, 0) is 24.0 Å². The minimum Gasteiger partial charge on any atom is -0.293 e. The van der Waals surface area contributed by atoms with Gasteiger partial charge in [-0.15, -0.1) is 11.3 Å². The molecule has 0 saturated carbocycles. The van der Waals surface area contributed by atoms with Crippen molar-refractivity contribution in [3.63, 3.8) is 0 Å². The van der Waals surface area contributed by atoms with Crippen LogP contribution in [0.15, 0.2) is 24.3 Å². The van der Waals surface area contributed by atoms with Crippen molar-refractivity contribution in [2.24, 2.45) is 5.41 Å². The van der Waals surface area contributed by atoms with Gasteiger partial charge in [0.05, 0.1) is 10.6 Å². The standard InChI is InChI=1S/C15H14FNOS/c1-15(2)7-11-13(12(18)8-15)19-14(17-11)9-4-3-5-10(16)6-9/h3-6H,7-8H2,1-2H3. The predicted octanol–water partition coefficient (Wildman–Crippen LogP) is 4.10. The Bertz CT molecular complexity index is 660. The fourth-order valence-electron chi connectivity index (χ4n) is 2.47. The Kier molecular flexibility index (Phi) is 2.78. The summed E-state index contributed by atoms with van der Waals surface area (Å²) in [7, 11) is 0. The van der Waals surface area contributed by atoms with Crippen molar-refractivity contribution in [2.45, 2.75) is 26.7 Å². The topological polar surface area (TPSA) is 30.0 Å². The maximum absolute atomic E-state index is 13.2. The van der Waals surface area contributed by atoms with E-state index in [4.69, 9.17) is 0 Å². The zero-order chi connectivity index (χ0) is 13.6. The number of aromatic nitrogens is 1. The molecule has 0 atom stereocenters. The van der Waals surface area contributed by atoms with Crippen LogP contribution in [0.4, 0.5) is 4.39 Å². The Morgan fingerprint density at radius 3 is 2.84 bits per heavy atom. The van der Waals surface area contributed by atoms with Crippen molar-refractivity contribution < 1.29 is 9.18 Å². The Hall–Kier alpha value is -1.55. The number of benzene rings is 1. The maximum Gasteiger partial charge on any atom is 0.175 e. The Labute approximate surface area is 115 Å². The summed E-state index contributed by atoms with van der Waals surface area (Å²) in [5.74, 6) is -0.122. The predicted molar refractivity (Wildman–Crippen MR) is 73.9 cm³/mol. The summed E-state index contributed by atoms with van der Waals surface area (Å²) in [5, 5.41) is 0.732. The average molecular weight is 275 g/mol. The summed E-state index contributed by atoms with van der Waals surface area (Å²) in [5.41, 5.74) is 1.58. The molecule has 0 aliphatic heterocycles. The second kappa shape index (κ2) is 4.23. The van der Waals surface area contributed by atoms with Gasteiger partial charge in [0.15, 0.2) is 5.78 Å². The van der Waals surface area contributed by atoms with Crippen molar-refractivity contribution in [3.8, 4) is 10.6 Å². The molecular formula is C15H14FNOS. The number of halogens is 1. The molecule has 0 unspecified atom stereocenters. The molecule has 2 nitrogen and oxygen atoms in total. The molecule has 0 saturated heterocycles. The minimum atomic E-state index is -0.280. The van der Waals surface area contributed by atoms with Crippen LogP contribution >= 0.6 is 11.3 Å². The molecule has 0 spiro atoms. The highest BCUT2D eigenvalue weighted by Crippen LogP contribution is 2.39. The molecular weight excluding hydrogens is 261 g/mol. The molecule has 0 bridgehead atoms. The lowest BCUT2D eigenvalue weighted by Crippen LogP contribution is -2.25. The van der Waals surface area contributed by atoms with Crippen LogP contribution in [0.25, 0.3) is 10.6 Å². The molecule has 1 heterocycles. The number of nitrogens with zero attached hydrogens (tertiary/aromatic N) is 1. The summed E-state index contributed by atoms with van der Waals surface area (Å²) in [6.45, 7) is 4.16. The third-order valence-corrected chi connectivity index (χ3v) is 4.50. The van der Waals surface area contributed by atoms with Gasteiger partial charge in [-0.25, -0.2) is 9.37 Å². The molecule has 1 aromatic carbocycles. The molecule has 4 heteroatoms. The first kappa shape index (κ1) is 12.5. The summed E-state index contributed by atoms with van der Waals surface area (Å²) in [4.78, 5) is 17.4. The molecule has 19 heavy (non-hydrogen) atoms. The molecule has 0 N–H and O–H groups in total. The SMILES string of the molecule is CC1(C)CC(=O)c2sc(-c3cccc(F)c3)nc2C1. The Balaban J connectivity index is 2.06. The second-order valence-corrected chi connectivity index (χ2v) is 6.75. The highest BCUT2D eigenvalue weighted by Gasteiger charge is 2.33. The number of Topliss-reactive ketones (excluding diaryl/α,β-unsaturated/α-hetero) is 1. The molecule has 1 aromatic heterocycles. The average Bonchev–Trinajstić information content (AvgIpc) is 2.71. The fraction of sp³-hybridized carbons (Fsp3) is 0.333. The molecule has 3 rings (SSSR count). The van der Waals surface area contributed by atoms with E-state index in [-0.39, 0.29) is 17.0 Å². The van der Waals surface area contributed by atoms with Crippen LogP contribution in [-0.2, 0) is 6.42 Å². The number of hydrogen-bond donors (Lipinski definition) is 0. The highest BCUT2D eigenvalue weighted by atomic mass is 32.1. The van der Waals surface area contributed by atoms with Crippen LogP contribution in [0.5, 0.6) is 0 Å². The van der Waals surface area contributed by atoms with E-state index >= 15 is 0 Å². The van der Waals surface area contributed by atoms with E-state index in [2.05, 4.69) is 18.8 Å². The fourth-order valence-corrected chi connectivity index (χ4v) is 3.48. The van der Waals surface area contributed by atoms with E-state index in [1.54, 1.807) is 6.07 Å². The van der Waals surface area contributed by atoms with E-state index in [0.717, 1.165) is 27.6 Å².